The van der Waals surface area contributed by atoms with Gasteiger partial charge in [0.05, 0.1) is 13.2 Å². The Morgan fingerprint density at radius 3 is 2.25 bits per heavy atom. The molecule has 0 aromatic rings. The van der Waals surface area contributed by atoms with Crippen LogP contribution in [0.3, 0.4) is 0 Å². The van der Waals surface area contributed by atoms with Crippen LogP contribution >= 0.6 is 0 Å². The Morgan fingerprint density at radius 2 is 2.00 bits per heavy atom. The molecule has 0 unspecified atom stereocenters. The first-order valence-corrected chi connectivity index (χ1v) is 3.99. The second kappa shape index (κ2) is 4.80. The Morgan fingerprint density at radius 1 is 1.50 bits per heavy atom. The van der Waals surface area contributed by atoms with Gasteiger partial charge in [0.2, 0.25) is 0 Å². The molecule has 1 amide bonds. The molecule has 0 saturated heterocycles. The molecule has 0 aromatic carbocycles. The standard InChI is InChI=1S/C9H17NO2/c1-6(2)8(7(3)4)10-9(11)12-5/h7-8H,1H2,2-5H3,(H,10,11)/t8-/m1/s1. The van der Waals surface area contributed by atoms with Crippen molar-refractivity contribution >= 4 is 6.09 Å². The minimum absolute atomic E-state index is 0.00236. The SMILES string of the molecule is C=C(C)[C@@H](NC(=O)OC)C(C)C. The van der Waals surface area contributed by atoms with Crippen LogP contribution in [0.5, 0.6) is 0 Å². The predicted molar refractivity (Wildman–Crippen MR) is 49.0 cm³/mol. The van der Waals surface area contributed by atoms with Crippen LogP contribution in [-0.4, -0.2) is 19.2 Å². The van der Waals surface area contributed by atoms with Gasteiger partial charge in [-0.1, -0.05) is 26.0 Å². The van der Waals surface area contributed by atoms with Gasteiger partial charge in [-0.2, -0.15) is 0 Å². The van der Waals surface area contributed by atoms with Gasteiger partial charge in [-0.15, -0.1) is 0 Å². The van der Waals surface area contributed by atoms with Gasteiger partial charge in [-0.25, -0.2) is 4.79 Å². The number of carbonyl (C=O) groups is 1. The van der Waals surface area contributed by atoms with E-state index >= 15 is 0 Å². The third-order valence-corrected chi connectivity index (χ3v) is 1.66. The molecule has 70 valence electrons. The van der Waals surface area contributed by atoms with Crippen molar-refractivity contribution in [3.05, 3.63) is 12.2 Å². The lowest BCUT2D eigenvalue weighted by molar-refractivity contribution is 0.165. The summed E-state index contributed by atoms with van der Waals surface area (Å²) in [6.07, 6.45) is -0.406. The third-order valence-electron chi connectivity index (χ3n) is 1.66. The Labute approximate surface area is 73.8 Å². The van der Waals surface area contributed by atoms with E-state index in [4.69, 9.17) is 0 Å². The van der Waals surface area contributed by atoms with Crippen LogP contribution < -0.4 is 5.32 Å². The normalized spacial score (nSPS) is 12.4. The zero-order valence-corrected chi connectivity index (χ0v) is 8.18. The summed E-state index contributed by atoms with van der Waals surface area (Å²) in [4.78, 5) is 10.9. The molecule has 0 aliphatic rings. The van der Waals surface area contributed by atoms with Crippen LogP contribution in [0.4, 0.5) is 4.79 Å². The van der Waals surface area contributed by atoms with E-state index in [1.807, 2.05) is 20.8 Å². The van der Waals surface area contributed by atoms with Gasteiger partial charge in [0.1, 0.15) is 0 Å². The maximum absolute atomic E-state index is 10.9. The number of methoxy groups -OCH3 is 1. The molecule has 0 aliphatic heterocycles. The highest BCUT2D eigenvalue weighted by molar-refractivity contribution is 5.67. The van der Waals surface area contributed by atoms with Crippen molar-refractivity contribution in [2.24, 2.45) is 5.92 Å². The molecule has 0 heterocycles. The number of amides is 1. The first-order valence-electron chi connectivity index (χ1n) is 3.99. The van der Waals surface area contributed by atoms with Crippen LogP contribution in [0.15, 0.2) is 12.2 Å². The van der Waals surface area contributed by atoms with E-state index < -0.39 is 6.09 Å². The van der Waals surface area contributed by atoms with Crippen molar-refractivity contribution in [1.29, 1.82) is 0 Å². The second-order valence-electron chi connectivity index (χ2n) is 3.20. The molecule has 0 rings (SSSR count). The molecule has 0 aliphatic carbocycles. The van der Waals surface area contributed by atoms with E-state index in [1.54, 1.807) is 0 Å². The smallest absolute Gasteiger partial charge is 0.407 e. The van der Waals surface area contributed by atoms with Crippen molar-refractivity contribution < 1.29 is 9.53 Å². The van der Waals surface area contributed by atoms with E-state index in [1.165, 1.54) is 7.11 Å². The van der Waals surface area contributed by atoms with Gasteiger partial charge >= 0.3 is 6.09 Å². The number of rotatable bonds is 3. The Hall–Kier alpha value is -0.990. The van der Waals surface area contributed by atoms with Crippen LogP contribution in [0.1, 0.15) is 20.8 Å². The summed E-state index contributed by atoms with van der Waals surface area (Å²) in [5, 5.41) is 2.70. The molecular weight excluding hydrogens is 154 g/mol. The van der Waals surface area contributed by atoms with E-state index in [9.17, 15) is 4.79 Å². The fourth-order valence-electron chi connectivity index (χ4n) is 1.04. The van der Waals surface area contributed by atoms with Gasteiger partial charge in [-0.05, 0) is 12.8 Å². The maximum atomic E-state index is 10.9. The van der Waals surface area contributed by atoms with Crippen molar-refractivity contribution in [3.8, 4) is 0 Å². The van der Waals surface area contributed by atoms with Crippen molar-refractivity contribution in [1.82, 2.24) is 5.32 Å². The summed E-state index contributed by atoms with van der Waals surface area (Å²) in [6.45, 7) is 9.73. The molecule has 0 radical (unpaired) electrons. The van der Waals surface area contributed by atoms with Gasteiger partial charge in [0, 0.05) is 0 Å². The minimum atomic E-state index is -0.406. The number of nitrogens with one attached hydrogen (secondary N) is 1. The first kappa shape index (κ1) is 11.0. The van der Waals surface area contributed by atoms with Crippen molar-refractivity contribution in [3.63, 3.8) is 0 Å². The fourth-order valence-corrected chi connectivity index (χ4v) is 1.04. The molecule has 0 saturated carbocycles. The number of alkyl carbamates (subject to hydrolysis) is 1. The van der Waals surface area contributed by atoms with Gasteiger partial charge < -0.3 is 10.1 Å². The Balaban J connectivity index is 4.14. The summed E-state index contributed by atoms with van der Waals surface area (Å²) in [6, 6.07) is -0.00236. The average Bonchev–Trinajstić information content (AvgIpc) is 1.98. The summed E-state index contributed by atoms with van der Waals surface area (Å²) in [5.74, 6) is 0.335. The van der Waals surface area contributed by atoms with Crippen molar-refractivity contribution in [2.45, 2.75) is 26.8 Å². The van der Waals surface area contributed by atoms with E-state index in [2.05, 4.69) is 16.6 Å². The first-order chi connectivity index (χ1) is 5.49. The summed E-state index contributed by atoms with van der Waals surface area (Å²) >= 11 is 0. The molecule has 0 bridgehead atoms. The van der Waals surface area contributed by atoms with Gasteiger partial charge in [0.15, 0.2) is 0 Å². The molecular formula is C9H17NO2. The summed E-state index contributed by atoms with van der Waals surface area (Å²) in [5.41, 5.74) is 0.940. The maximum Gasteiger partial charge on any atom is 0.407 e. The van der Waals surface area contributed by atoms with Crippen molar-refractivity contribution in [2.75, 3.05) is 7.11 Å². The third kappa shape index (κ3) is 3.42. The minimum Gasteiger partial charge on any atom is -0.453 e. The highest BCUT2D eigenvalue weighted by Crippen LogP contribution is 2.09. The Kier molecular flexibility index (Phi) is 4.40. The van der Waals surface area contributed by atoms with Crippen LogP contribution in [0.2, 0.25) is 0 Å². The molecule has 1 N–H and O–H groups in total. The second-order valence-corrected chi connectivity index (χ2v) is 3.20. The number of hydrogen-bond acceptors (Lipinski definition) is 2. The Bertz CT molecular complexity index is 175. The number of hydrogen-bond donors (Lipinski definition) is 1. The zero-order chi connectivity index (χ0) is 9.72. The fraction of sp³-hybridized carbons (Fsp3) is 0.667. The molecule has 0 spiro atoms. The average molecular weight is 171 g/mol. The highest BCUT2D eigenvalue weighted by Gasteiger charge is 2.16. The number of carbonyl (C=O) groups excluding carboxylic acids is 1. The molecule has 12 heavy (non-hydrogen) atoms. The van der Waals surface area contributed by atoms with Crippen LogP contribution in [0.25, 0.3) is 0 Å². The lowest BCUT2D eigenvalue weighted by Gasteiger charge is -2.21. The van der Waals surface area contributed by atoms with Gasteiger partial charge in [0.25, 0.3) is 0 Å². The summed E-state index contributed by atoms with van der Waals surface area (Å²) < 4.78 is 4.49. The monoisotopic (exact) mass is 171 g/mol. The van der Waals surface area contributed by atoms with Gasteiger partial charge in [-0.3, -0.25) is 0 Å². The van der Waals surface area contributed by atoms with E-state index in [0.717, 1.165) is 5.57 Å². The van der Waals surface area contributed by atoms with Crippen LogP contribution in [-0.2, 0) is 4.74 Å². The van der Waals surface area contributed by atoms with Crippen LogP contribution in [0, 0.1) is 5.92 Å². The lowest BCUT2D eigenvalue weighted by atomic mass is 9.99. The topological polar surface area (TPSA) is 38.3 Å². The summed E-state index contributed by atoms with van der Waals surface area (Å²) in [7, 11) is 1.35. The predicted octanol–water partition coefficient (Wildman–Crippen LogP) is 1.94. The quantitative estimate of drug-likeness (QED) is 0.659. The molecule has 3 heteroatoms. The zero-order valence-electron chi connectivity index (χ0n) is 8.18. The molecule has 0 fully saturated rings. The lowest BCUT2D eigenvalue weighted by Crippen LogP contribution is -2.39. The molecule has 0 aromatic heterocycles. The molecule has 1 atom stereocenters. The number of ether oxygens (including phenoxy) is 1. The van der Waals surface area contributed by atoms with E-state index in [-0.39, 0.29) is 6.04 Å². The highest BCUT2D eigenvalue weighted by atomic mass is 16.5. The molecule has 3 nitrogen and oxygen atoms in total. The largest absolute Gasteiger partial charge is 0.453 e. The van der Waals surface area contributed by atoms with E-state index in [0.29, 0.717) is 5.92 Å².